The molecule has 0 saturated heterocycles. The highest BCUT2D eigenvalue weighted by Crippen LogP contribution is 2.26. The van der Waals surface area contributed by atoms with Crippen molar-refractivity contribution in [2.75, 3.05) is 33.5 Å². The Morgan fingerprint density at radius 2 is 0.917 bits per heavy atom. The molecule has 1 aromatic heterocycles. The van der Waals surface area contributed by atoms with E-state index in [0.717, 1.165) is 96.6 Å². The van der Waals surface area contributed by atoms with Gasteiger partial charge in [0, 0.05) is 5.56 Å². The summed E-state index contributed by atoms with van der Waals surface area (Å²) in [4.78, 5) is 13.7. The summed E-state index contributed by atoms with van der Waals surface area (Å²) in [6.07, 6.45) is 9.38. The second-order valence-electron chi connectivity index (χ2n) is 13.9. The van der Waals surface area contributed by atoms with Crippen molar-refractivity contribution in [2.45, 2.75) is 51.4 Å². The maximum Gasteiger partial charge on any atom is 0.323 e. The first-order chi connectivity index (χ1) is 29.6. The highest BCUT2D eigenvalue weighted by molar-refractivity contribution is 5.65. The first-order valence-corrected chi connectivity index (χ1v) is 20.3. The van der Waals surface area contributed by atoms with Gasteiger partial charge in [-0.15, -0.1) is 4.98 Å². The third kappa shape index (κ3) is 13.8. The van der Waals surface area contributed by atoms with Crippen LogP contribution in [0.4, 0.5) is 11.4 Å². The Balaban J connectivity index is 0.873. The van der Waals surface area contributed by atoms with Crippen LogP contribution in [0.25, 0.3) is 28.6 Å². The number of hydrogen-bond acceptors (Lipinski definition) is 11. The van der Waals surface area contributed by atoms with Gasteiger partial charge in [0.2, 0.25) is 0 Å². The number of azo groups is 1. The fourth-order valence-electron chi connectivity index (χ4n) is 6.04. The number of ether oxygens (including phenoxy) is 5. The van der Waals surface area contributed by atoms with Crippen LogP contribution in [0.5, 0.6) is 29.3 Å². The normalized spacial score (nSPS) is 10.9. The molecule has 0 spiro atoms. The van der Waals surface area contributed by atoms with Crippen molar-refractivity contribution in [1.29, 1.82) is 5.26 Å². The summed E-state index contributed by atoms with van der Waals surface area (Å²) in [5.74, 6) is 3.00. The predicted molar refractivity (Wildman–Crippen MR) is 234 cm³/mol. The van der Waals surface area contributed by atoms with Gasteiger partial charge in [-0.05, 0) is 141 Å². The van der Waals surface area contributed by atoms with E-state index >= 15 is 0 Å². The van der Waals surface area contributed by atoms with E-state index in [9.17, 15) is 0 Å². The zero-order chi connectivity index (χ0) is 41.6. The van der Waals surface area contributed by atoms with Gasteiger partial charge in [0.05, 0.1) is 56.5 Å². The van der Waals surface area contributed by atoms with Crippen LogP contribution in [0.3, 0.4) is 0 Å². The second-order valence-corrected chi connectivity index (χ2v) is 13.9. The number of benzene rings is 5. The fourth-order valence-corrected chi connectivity index (χ4v) is 6.04. The summed E-state index contributed by atoms with van der Waals surface area (Å²) in [7, 11) is 1.67. The van der Waals surface area contributed by atoms with Crippen LogP contribution in [-0.4, -0.2) is 48.5 Å². The van der Waals surface area contributed by atoms with Crippen molar-refractivity contribution in [3.05, 3.63) is 139 Å². The molecule has 0 aliphatic carbocycles. The van der Waals surface area contributed by atoms with Crippen molar-refractivity contribution < 1.29 is 23.7 Å². The monoisotopic (exact) mass is 802 g/mol. The highest BCUT2D eigenvalue weighted by Gasteiger charge is 2.11. The molecule has 60 heavy (non-hydrogen) atoms. The first kappa shape index (κ1) is 42.5. The molecule has 11 nitrogen and oxygen atoms in total. The molecule has 5 aromatic carbocycles. The number of methoxy groups -OCH3 is 1. The topological polar surface area (TPSA) is 133 Å². The van der Waals surface area contributed by atoms with Gasteiger partial charge in [0.1, 0.15) is 17.2 Å². The van der Waals surface area contributed by atoms with Gasteiger partial charge in [0.15, 0.2) is 5.82 Å². The lowest BCUT2D eigenvalue weighted by atomic mass is 10.1. The van der Waals surface area contributed by atoms with Gasteiger partial charge in [-0.2, -0.15) is 25.5 Å². The van der Waals surface area contributed by atoms with Crippen LogP contribution in [0, 0.1) is 11.3 Å². The molecule has 0 aliphatic heterocycles. The Bertz CT molecular complexity index is 2270. The van der Waals surface area contributed by atoms with E-state index in [1.54, 1.807) is 37.5 Å². The van der Waals surface area contributed by atoms with Crippen molar-refractivity contribution in [3.63, 3.8) is 0 Å². The average Bonchev–Trinajstić information content (AvgIpc) is 3.30. The van der Waals surface area contributed by atoms with Crippen molar-refractivity contribution >= 4 is 17.5 Å². The largest absolute Gasteiger partial charge is 0.497 e. The van der Waals surface area contributed by atoms with Crippen LogP contribution in [0.1, 0.15) is 62.5 Å². The molecular formula is C49H50N6O5. The molecule has 0 radical (unpaired) electrons. The van der Waals surface area contributed by atoms with E-state index in [-0.39, 0.29) is 12.0 Å². The van der Waals surface area contributed by atoms with E-state index < -0.39 is 0 Å². The number of nitriles is 1. The molecule has 306 valence electrons. The van der Waals surface area contributed by atoms with E-state index in [2.05, 4.69) is 62.1 Å². The standard InChI is InChI=1S/C49H50N6O5/c1-3-37-12-16-41(17-13-37)47-51-48(59-34-10-6-4-8-32-57-45-28-20-40(21-29-45)39-18-26-44(56-2)27-19-39)53-49(52-47)60-35-11-7-5-9-33-58-46-30-24-43(25-31-46)55-54-42-22-14-38(36-50)15-23-42/h3,12-31H,1,4-11,32-35H2,2H3. The lowest BCUT2D eigenvalue weighted by molar-refractivity contribution is 0.249. The minimum atomic E-state index is 0.250. The van der Waals surface area contributed by atoms with E-state index in [4.69, 9.17) is 28.9 Å². The second kappa shape index (κ2) is 23.4. The number of nitrogens with zero attached hydrogens (tertiary/aromatic N) is 6. The van der Waals surface area contributed by atoms with E-state index in [0.29, 0.717) is 43.5 Å². The lowest BCUT2D eigenvalue weighted by Crippen LogP contribution is -2.08. The number of unbranched alkanes of at least 4 members (excludes halogenated alkanes) is 6. The summed E-state index contributed by atoms with van der Waals surface area (Å²) in [5.41, 5.74) is 6.12. The van der Waals surface area contributed by atoms with Gasteiger partial charge in [-0.1, -0.05) is 61.2 Å². The Labute approximate surface area is 352 Å². The molecular weight excluding hydrogens is 753 g/mol. The molecule has 0 saturated carbocycles. The molecule has 11 heteroatoms. The van der Waals surface area contributed by atoms with E-state index in [1.165, 1.54) is 0 Å². The molecule has 0 fully saturated rings. The molecule has 6 rings (SSSR count). The third-order valence-corrected chi connectivity index (χ3v) is 9.47. The zero-order valence-electron chi connectivity index (χ0n) is 34.0. The summed E-state index contributed by atoms with van der Waals surface area (Å²) in [6, 6.07) is 41.1. The number of hydrogen-bond donors (Lipinski definition) is 0. The van der Waals surface area contributed by atoms with Crippen LogP contribution in [0.2, 0.25) is 0 Å². The van der Waals surface area contributed by atoms with Crippen LogP contribution in [-0.2, 0) is 0 Å². The summed E-state index contributed by atoms with van der Waals surface area (Å²) >= 11 is 0. The first-order valence-electron chi connectivity index (χ1n) is 20.3. The van der Waals surface area contributed by atoms with Gasteiger partial charge in [0.25, 0.3) is 0 Å². The van der Waals surface area contributed by atoms with Gasteiger partial charge in [-0.25, -0.2) is 0 Å². The van der Waals surface area contributed by atoms with Crippen LogP contribution in [0.15, 0.2) is 138 Å². The third-order valence-electron chi connectivity index (χ3n) is 9.47. The predicted octanol–water partition coefficient (Wildman–Crippen LogP) is 12.2. The zero-order valence-corrected chi connectivity index (χ0v) is 34.0. The van der Waals surface area contributed by atoms with Crippen LogP contribution < -0.4 is 23.7 Å². The van der Waals surface area contributed by atoms with Crippen molar-refractivity contribution in [2.24, 2.45) is 10.2 Å². The molecule has 0 bridgehead atoms. The molecule has 1 heterocycles. The minimum absolute atomic E-state index is 0.250. The highest BCUT2D eigenvalue weighted by atomic mass is 16.5. The maximum absolute atomic E-state index is 8.94. The molecule has 0 unspecified atom stereocenters. The van der Waals surface area contributed by atoms with Gasteiger partial charge < -0.3 is 23.7 Å². The maximum atomic E-state index is 8.94. The van der Waals surface area contributed by atoms with Crippen LogP contribution >= 0.6 is 0 Å². The minimum Gasteiger partial charge on any atom is -0.497 e. The number of aromatic nitrogens is 3. The molecule has 0 aliphatic rings. The summed E-state index contributed by atoms with van der Waals surface area (Å²) in [6.45, 7) is 6.09. The van der Waals surface area contributed by atoms with Crippen molar-refractivity contribution in [3.8, 4) is 57.9 Å². The molecule has 0 atom stereocenters. The fraction of sp³-hybridized carbons (Fsp3) is 0.265. The quantitative estimate of drug-likeness (QED) is 0.0433. The molecule has 6 aromatic rings. The van der Waals surface area contributed by atoms with Crippen molar-refractivity contribution in [1.82, 2.24) is 15.0 Å². The Morgan fingerprint density at radius 1 is 0.500 bits per heavy atom. The van der Waals surface area contributed by atoms with E-state index in [1.807, 2.05) is 72.8 Å². The Morgan fingerprint density at radius 3 is 1.37 bits per heavy atom. The SMILES string of the molecule is C=Cc1ccc(-c2nc(OCCCCCCOc3ccc(N=Nc4ccc(C#N)cc4)cc3)nc(OCCCCCCOc3ccc(-c4ccc(OC)cc4)cc3)n2)cc1. The summed E-state index contributed by atoms with van der Waals surface area (Å²) in [5, 5.41) is 17.4. The lowest BCUT2D eigenvalue weighted by Gasteiger charge is -2.10. The number of rotatable bonds is 24. The van der Waals surface area contributed by atoms with Gasteiger partial charge in [-0.3, -0.25) is 0 Å². The molecule has 0 amide bonds. The Hall–Kier alpha value is -7.06. The van der Waals surface area contributed by atoms with Gasteiger partial charge >= 0.3 is 12.0 Å². The molecule has 0 N–H and O–H groups in total. The summed E-state index contributed by atoms with van der Waals surface area (Å²) < 4.78 is 29.2. The average molecular weight is 803 g/mol. The smallest absolute Gasteiger partial charge is 0.323 e. The Kier molecular flexibility index (Phi) is 16.6.